The molecule has 1 aliphatic carbocycles. The Bertz CT molecular complexity index is 2110. The van der Waals surface area contributed by atoms with Gasteiger partial charge in [0.1, 0.15) is 40.8 Å². The summed E-state index contributed by atoms with van der Waals surface area (Å²) in [6.45, 7) is 10.1. The summed E-state index contributed by atoms with van der Waals surface area (Å²) < 4.78 is 33.4. The minimum Gasteiger partial charge on any atom is -0.497 e. The molecular weight excluding hydrogens is 754 g/mol. The van der Waals surface area contributed by atoms with Crippen molar-refractivity contribution in [1.82, 2.24) is 25.8 Å². The molecule has 1 saturated heterocycles. The lowest BCUT2D eigenvalue weighted by Gasteiger charge is -2.41. The quantitative estimate of drug-likeness (QED) is 0.186. The molecule has 3 heterocycles. The van der Waals surface area contributed by atoms with Gasteiger partial charge in [-0.05, 0) is 83.2 Å². The number of benzene rings is 2. The van der Waals surface area contributed by atoms with Crippen LogP contribution in [0.15, 0.2) is 42.5 Å². The molecule has 310 valence electrons. The number of ether oxygens (including phenoxy) is 6. The summed E-state index contributed by atoms with van der Waals surface area (Å²) in [5.74, 6) is -2.87. The third-order valence-corrected chi connectivity index (χ3v) is 10.1. The third-order valence-electron chi connectivity index (χ3n) is 10.1. The highest BCUT2D eigenvalue weighted by Crippen LogP contribution is 2.39. The molecule has 0 spiro atoms. The van der Waals surface area contributed by atoms with Crippen molar-refractivity contribution in [2.24, 2.45) is 5.92 Å². The molecule has 2 fully saturated rings. The Balaban J connectivity index is 1.32. The number of hydrogen-bond acceptors (Lipinski definition) is 13. The predicted molar refractivity (Wildman–Crippen MR) is 207 cm³/mol. The van der Waals surface area contributed by atoms with E-state index < -0.39 is 70.9 Å². The van der Waals surface area contributed by atoms with Crippen molar-refractivity contribution in [1.29, 1.82) is 0 Å². The van der Waals surface area contributed by atoms with Crippen molar-refractivity contribution >= 4 is 46.6 Å². The normalized spacial score (nSPS) is 18.4. The summed E-state index contributed by atoms with van der Waals surface area (Å²) >= 11 is 0. The Morgan fingerprint density at radius 1 is 1.00 bits per heavy atom. The Morgan fingerprint density at radius 3 is 2.40 bits per heavy atom. The topological polar surface area (TPSA) is 210 Å². The first kappa shape index (κ1) is 41.5. The number of fused-ring (bicyclic) bond motifs is 2. The highest BCUT2D eigenvalue weighted by atomic mass is 16.7. The van der Waals surface area contributed by atoms with E-state index in [2.05, 4.69) is 10.6 Å². The first-order valence-corrected chi connectivity index (χ1v) is 19.2. The number of methoxy groups -OCH3 is 1. The van der Waals surface area contributed by atoms with Crippen LogP contribution in [0.1, 0.15) is 67.2 Å². The van der Waals surface area contributed by atoms with E-state index in [1.807, 2.05) is 17.4 Å². The summed E-state index contributed by atoms with van der Waals surface area (Å²) in [6.07, 6.45) is -0.646. The zero-order valence-corrected chi connectivity index (χ0v) is 33.6. The van der Waals surface area contributed by atoms with Crippen molar-refractivity contribution in [3.05, 3.63) is 42.5 Å². The van der Waals surface area contributed by atoms with Gasteiger partial charge in [0.05, 0.1) is 31.5 Å². The number of rotatable bonds is 11. The van der Waals surface area contributed by atoms with Crippen molar-refractivity contribution in [3.8, 4) is 34.3 Å². The molecule has 17 heteroatoms. The van der Waals surface area contributed by atoms with Gasteiger partial charge >= 0.3 is 18.0 Å². The first-order chi connectivity index (χ1) is 27.5. The molecule has 0 radical (unpaired) electrons. The summed E-state index contributed by atoms with van der Waals surface area (Å²) in [6, 6.07) is 10.3. The molecule has 5 amide bonds. The molecule has 6 rings (SSSR count). The van der Waals surface area contributed by atoms with E-state index in [-0.39, 0.29) is 39.2 Å². The molecule has 3 aromatic rings. The molecule has 0 unspecified atom stereocenters. The van der Waals surface area contributed by atoms with Gasteiger partial charge in [0.15, 0.2) is 11.5 Å². The van der Waals surface area contributed by atoms with E-state index in [1.165, 1.54) is 11.8 Å². The van der Waals surface area contributed by atoms with Crippen molar-refractivity contribution in [2.75, 3.05) is 27.1 Å². The Kier molecular flexibility index (Phi) is 12.0. The molecule has 0 bridgehead atoms. The van der Waals surface area contributed by atoms with Crippen molar-refractivity contribution in [2.45, 2.75) is 96.6 Å². The minimum absolute atomic E-state index is 0.00634. The molecule has 1 aromatic heterocycles. The van der Waals surface area contributed by atoms with Gasteiger partial charge in [0.2, 0.25) is 18.6 Å². The number of nitrogens with zero attached hydrogens (tertiary/aromatic N) is 2. The number of carbonyl (C=O) groups excluding carboxylic acids is 6. The highest BCUT2D eigenvalue weighted by molar-refractivity contribution is 6.35. The number of alkyl carbamates (subject to hydrolysis) is 1. The Morgan fingerprint density at radius 2 is 1.74 bits per heavy atom. The maximum absolute atomic E-state index is 14.5. The number of carbonyl (C=O) groups is 6. The molecule has 3 atom stereocenters. The summed E-state index contributed by atoms with van der Waals surface area (Å²) in [7, 11) is 1.55. The molecular formula is C41H49N5O12. The average molecular weight is 804 g/mol. The summed E-state index contributed by atoms with van der Waals surface area (Å²) in [5, 5.41) is 8.15. The molecule has 3 aliphatic rings. The maximum Gasteiger partial charge on any atom is 0.408 e. The van der Waals surface area contributed by atoms with Crippen molar-refractivity contribution < 1.29 is 57.2 Å². The van der Waals surface area contributed by atoms with E-state index in [4.69, 9.17) is 33.4 Å². The van der Waals surface area contributed by atoms with Crippen LogP contribution in [-0.2, 0) is 33.4 Å². The van der Waals surface area contributed by atoms with Crippen LogP contribution in [-0.4, -0.2) is 102 Å². The lowest BCUT2D eigenvalue weighted by atomic mass is 9.75. The largest absolute Gasteiger partial charge is 0.497 e. The van der Waals surface area contributed by atoms with Crippen LogP contribution in [0.5, 0.6) is 23.0 Å². The van der Waals surface area contributed by atoms with E-state index in [0.717, 1.165) is 5.56 Å². The molecule has 17 nitrogen and oxygen atoms in total. The van der Waals surface area contributed by atoms with Crippen LogP contribution >= 0.6 is 0 Å². The summed E-state index contributed by atoms with van der Waals surface area (Å²) in [5.41, 5.74) is -0.531. The second kappa shape index (κ2) is 16.8. The Labute approximate surface area is 335 Å². The third kappa shape index (κ3) is 9.03. The fourth-order valence-corrected chi connectivity index (χ4v) is 7.01. The van der Waals surface area contributed by atoms with Crippen LogP contribution in [0.3, 0.4) is 0 Å². The maximum atomic E-state index is 14.5. The van der Waals surface area contributed by atoms with Gasteiger partial charge in [0, 0.05) is 29.5 Å². The number of likely N-dealkylation sites (tertiary alicyclic amines) is 1. The van der Waals surface area contributed by atoms with Gasteiger partial charge in [-0.3, -0.25) is 24.5 Å². The van der Waals surface area contributed by atoms with Gasteiger partial charge < -0.3 is 44.0 Å². The Hall–Kier alpha value is -6.13. The van der Waals surface area contributed by atoms with Gasteiger partial charge in [0.25, 0.3) is 5.91 Å². The predicted octanol–water partition coefficient (Wildman–Crippen LogP) is 3.78. The average Bonchev–Trinajstić information content (AvgIpc) is 3.81. The lowest BCUT2D eigenvalue weighted by molar-refractivity contribution is -0.157. The number of aromatic nitrogens is 1. The highest BCUT2D eigenvalue weighted by Gasteiger charge is 2.50. The number of hydrogen-bond donors (Lipinski definition) is 3. The monoisotopic (exact) mass is 803 g/mol. The van der Waals surface area contributed by atoms with Gasteiger partial charge in [-0.2, -0.15) is 0 Å². The van der Waals surface area contributed by atoms with Gasteiger partial charge in [-0.1, -0.05) is 13.8 Å². The fourth-order valence-electron chi connectivity index (χ4n) is 7.01. The van der Waals surface area contributed by atoms with E-state index in [0.29, 0.717) is 46.0 Å². The minimum atomic E-state index is -1.51. The molecule has 58 heavy (non-hydrogen) atoms. The second-order valence-corrected chi connectivity index (χ2v) is 15.7. The molecule has 2 aliphatic heterocycles. The van der Waals surface area contributed by atoms with Gasteiger partial charge in [-0.25, -0.2) is 14.6 Å². The van der Waals surface area contributed by atoms with Crippen LogP contribution < -0.4 is 34.9 Å². The van der Waals surface area contributed by atoms with Crippen molar-refractivity contribution in [3.63, 3.8) is 0 Å². The lowest BCUT2D eigenvalue weighted by Crippen LogP contribution is -2.66. The van der Waals surface area contributed by atoms with Crippen LogP contribution in [0, 0.1) is 5.92 Å². The SMILES string of the molecule is CCOC(=O)C(=O)NC(=O)C1(NC(=O)[C@@H]2C[C@@H](Oc3cc(-c4ccc5c(c4)OCO5)nc4cc(OC)ccc34)CN2C(=O)[C@@H](NC(=O)OC(C)(C)C)C(C)C)CCC1. The van der Waals surface area contributed by atoms with Gasteiger partial charge in [-0.15, -0.1) is 0 Å². The number of esters is 1. The number of imide groups is 1. The summed E-state index contributed by atoms with van der Waals surface area (Å²) in [4.78, 5) is 85.7. The molecule has 1 saturated carbocycles. The standard InChI is InChI=1S/C41H49N5O12/c1-8-54-37(50)35(48)44-38(51)41(14-9-15-41)45-34(47)29-18-25(20-46(29)36(49)33(22(2)3)43-39(52)58-40(4,5)6)57-31-19-27(23-10-13-30-32(16-23)56-21-55-30)42-28-17-24(53-7)11-12-26(28)31/h10-13,16-17,19,22,25,29,33H,8-9,14-15,18,20-21H2,1-7H3,(H,43,52)(H,45,47)(H,44,48,51)/t25-,29+,33+/m1/s1. The van der Waals surface area contributed by atoms with E-state index in [1.54, 1.807) is 72.1 Å². The zero-order valence-electron chi connectivity index (χ0n) is 33.6. The van der Waals surface area contributed by atoms with E-state index in [9.17, 15) is 28.8 Å². The van der Waals surface area contributed by atoms with Crippen LogP contribution in [0.2, 0.25) is 0 Å². The number of amides is 5. The number of nitrogens with one attached hydrogen (secondary N) is 3. The molecule has 2 aromatic carbocycles. The van der Waals surface area contributed by atoms with E-state index >= 15 is 0 Å². The van der Waals surface area contributed by atoms with Crippen LogP contribution in [0.25, 0.3) is 22.2 Å². The van der Waals surface area contributed by atoms with Crippen LogP contribution in [0.4, 0.5) is 4.79 Å². The second-order valence-electron chi connectivity index (χ2n) is 15.7. The smallest absolute Gasteiger partial charge is 0.408 e. The molecule has 3 N–H and O–H groups in total. The first-order valence-electron chi connectivity index (χ1n) is 19.2. The number of pyridine rings is 1. The fraction of sp³-hybridized carbons (Fsp3) is 0.488. The zero-order chi connectivity index (χ0) is 41.9.